The van der Waals surface area contributed by atoms with Gasteiger partial charge in [0.05, 0.1) is 0 Å². The Morgan fingerprint density at radius 2 is 1.70 bits per heavy atom. The van der Waals surface area contributed by atoms with Gasteiger partial charge < -0.3 is 0 Å². The summed E-state index contributed by atoms with van der Waals surface area (Å²) in [6.45, 7) is 9.51. The van der Waals surface area contributed by atoms with E-state index >= 15 is 0 Å². The SMILES string of the molecule is CCCCCC(CC(N)O)OP(O)(O)(CCC#N)N(NC(C)C)NC(C)C. The average Bonchev–Trinajstić information content (AvgIpc) is 2.51. The van der Waals surface area contributed by atoms with Crippen molar-refractivity contribution in [2.45, 2.75) is 97.6 Å². The van der Waals surface area contributed by atoms with E-state index in [1.807, 2.05) is 33.8 Å². The second-order valence-electron chi connectivity index (χ2n) is 7.60. The molecule has 0 saturated heterocycles. The summed E-state index contributed by atoms with van der Waals surface area (Å²) in [5.74, 6) is 0. The predicted octanol–water partition coefficient (Wildman–Crippen LogP) is 1.86. The minimum atomic E-state index is -4.99. The van der Waals surface area contributed by atoms with Gasteiger partial charge >= 0.3 is 163 Å². The molecule has 7 N–H and O–H groups in total. The summed E-state index contributed by atoms with van der Waals surface area (Å²) >= 11 is 0. The Labute approximate surface area is 164 Å². The molecule has 27 heavy (non-hydrogen) atoms. The van der Waals surface area contributed by atoms with Crippen molar-refractivity contribution in [1.29, 1.82) is 5.26 Å². The fourth-order valence-corrected chi connectivity index (χ4v) is 5.23. The summed E-state index contributed by atoms with van der Waals surface area (Å²) < 4.78 is 5.90. The number of nitrogens with one attached hydrogen (secondary N) is 2. The number of rotatable bonds is 15. The molecule has 0 heterocycles. The van der Waals surface area contributed by atoms with Crippen LogP contribution < -0.4 is 16.6 Å². The van der Waals surface area contributed by atoms with Crippen molar-refractivity contribution in [1.82, 2.24) is 15.7 Å². The average molecular weight is 410 g/mol. The van der Waals surface area contributed by atoms with Crippen molar-refractivity contribution in [3.05, 3.63) is 0 Å². The number of nitrogens with zero attached hydrogens (tertiary/aromatic N) is 2. The van der Waals surface area contributed by atoms with Crippen LogP contribution in [0.5, 0.6) is 0 Å². The van der Waals surface area contributed by atoms with Crippen molar-refractivity contribution >= 4 is 7.43 Å². The van der Waals surface area contributed by atoms with E-state index in [1.54, 1.807) is 0 Å². The first-order valence-electron chi connectivity index (χ1n) is 9.77. The van der Waals surface area contributed by atoms with E-state index in [2.05, 4.69) is 17.8 Å². The number of hydrogen-bond acceptors (Lipinski definition) is 9. The number of hydrazine groups is 2. The van der Waals surface area contributed by atoms with Crippen LogP contribution in [-0.4, -0.2) is 50.4 Å². The van der Waals surface area contributed by atoms with E-state index in [9.17, 15) is 14.9 Å². The Morgan fingerprint density at radius 3 is 2.11 bits per heavy atom. The first-order valence-corrected chi connectivity index (χ1v) is 12.0. The molecule has 0 aromatic heterocycles. The standard InChI is InChI=1S/C17H40N5O4P/c1-6-7-8-10-16(13-17(19)23)26-27(24,25,12-9-11-18)22(20-14(2)3)21-15(4)5/h14-17,20-21,23-25H,6-10,12-13,19H2,1-5H3. The zero-order valence-electron chi connectivity index (χ0n) is 17.4. The quantitative estimate of drug-likeness (QED) is 0.103. The van der Waals surface area contributed by atoms with Crippen molar-refractivity contribution in [3.63, 3.8) is 0 Å². The Morgan fingerprint density at radius 1 is 1.15 bits per heavy atom. The first-order chi connectivity index (χ1) is 12.4. The Kier molecular flexibility index (Phi) is 12.0. The molecule has 0 fully saturated rings. The number of nitrogens with two attached hydrogens (primary N) is 1. The molecule has 0 aliphatic rings. The van der Waals surface area contributed by atoms with Crippen molar-refractivity contribution < 1.29 is 19.4 Å². The molecular weight excluding hydrogens is 369 g/mol. The number of unbranched alkanes of at least 4 members (excludes halogenated alkanes) is 2. The molecule has 2 atom stereocenters. The molecule has 0 radical (unpaired) electrons. The summed E-state index contributed by atoms with van der Waals surface area (Å²) in [7, 11) is -4.99. The number of hydrogen-bond donors (Lipinski definition) is 6. The Bertz CT molecular complexity index is 447. The molecule has 0 aliphatic carbocycles. The van der Waals surface area contributed by atoms with E-state index < -0.39 is 19.8 Å². The van der Waals surface area contributed by atoms with E-state index in [0.29, 0.717) is 6.42 Å². The summed E-state index contributed by atoms with van der Waals surface area (Å²) in [5, 5.41) is 18.6. The fourth-order valence-electron chi connectivity index (χ4n) is 2.61. The third-order valence-corrected chi connectivity index (χ3v) is 6.55. The van der Waals surface area contributed by atoms with Crippen LogP contribution in [0.4, 0.5) is 0 Å². The van der Waals surface area contributed by atoms with Crippen molar-refractivity contribution in [2.75, 3.05) is 6.16 Å². The molecule has 0 aliphatic heterocycles. The van der Waals surface area contributed by atoms with Gasteiger partial charge in [-0.1, -0.05) is 0 Å². The van der Waals surface area contributed by atoms with Crippen LogP contribution in [0, 0.1) is 11.3 Å². The zero-order valence-corrected chi connectivity index (χ0v) is 18.3. The van der Waals surface area contributed by atoms with Crippen LogP contribution in [0.3, 0.4) is 0 Å². The molecule has 162 valence electrons. The summed E-state index contributed by atoms with van der Waals surface area (Å²) in [6.07, 6.45) is 1.27. The van der Waals surface area contributed by atoms with E-state index in [0.717, 1.165) is 24.2 Å². The Hall–Kier alpha value is -0.400. The Balaban J connectivity index is 5.73. The normalized spacial score (nSPS) is 16.3. The fraction of sp³-hybridized carbons (Fsp3) is 0.941. The van der Waals surface area contributed by atoms with Gasteiger partial charge in [0.1, 0.15) is 0 Å². The van der Waals surface area contributed by atoms with Crippen LogP contribution in [-0.2, 0) is 4.52 Å². The molecule has 0 aromatic rings. The zero-order chi connectivity index (χ0) is 21.1. The van der Waals surface area contributed by atoms with Gasteiger partial charge in [-0.15, -0.1) is 0 Å². The van der Waals surface area contributed by atoms with Crippen molar-refractivity contribution in [3.8, 4) is 6.07 Å². The second kappa shape index (κ2) is 12.2. The monoisotopic (exact) mass is 409 g/mol. The molecule has 0 bridgehead atoms. The van der Waals surface area contributed by atoms with Gasteiger partial charge in [0.2, 0.25) is 0 Å². The maximum atomic E-state index is 11.4. The van der Waals surface area contributed by atoms with Crippen LogP contribution >= 0.6 is 7.43 Å². The summed E-state index contributed by atoms with van der Waals surface area (Å²) in [5.41, 5.74) is 11.5. The maximum absolute atomic E-state index is 11.4. The van der Waals surface area contributed by atoms with Gasteiger partial charge in [-0.25, -0.2) is 0 Å². The third kappa shape index (κ3) is 10.6. The molecule has 0 rings (SSSR count). The number of aliphatic hydroxyl groups is 1. The molecule has 0 saturated carbocycles. The van der Waals surface area contributed by atoms with Crippen LogP contribution in [0.1, 0.15) is 73.1 Å². The molecule has 0 amide bonds. The summed E-state index contributed by atoms with van der Waals surface area (Å²) in [6, 6.07) is 1.73. The van der Waals surface area contributed by atoms with E-state index in [4.69, 9.17) is 15.5 Å². The predicted molar refractivity (Wildman–Crippen MR) is 109 cm³/mol. The number of nitriles is 1. The van der Waals surface area contributed by atoms with E-state index in [-0.39, 0.29) is 31.1 Å². The van der Waals surface area contributed by atoms with Gasteiger partial charge in [-0.2, -0.15) is 0 Å². The molecule has 9 nitrogen and oxygen atoms in total. The first kappa shape index (κ1) is 26.6. The minimum absolute atomic E-state index is 0.0759. The molecule has 0 spiro atoms. The second-order valence-corrected chi connectivity index (χ2v) is 10.8. The molecular formula is C17H40N5O4P. The van der Waals surface area contributed by atoms with Gasteiger partial charge in [-0.05, 0) is 0 Å². The van der Waals surface area contributed by atoms with Crippen LogP contribution in [0.25, 0.3) is 0 Å². The topological polar surface area (TPSA) is 147 Å². The number of aliphatic hydroxyl groups excluding tert-OH is 1. The molecule has 0 aromatic carbocycles. The van der Waals surface area contributed by atoms with Crippen molar-refractivity contribution in [2.24, 2.45) is 5.73 Å². The molecule has 2 unspecified atom stereocenters. The molecule has 10 heteroatoms. The summed E-state index contributed by atoms with van der Waals surface area (Å²) in [4.78, 5) is 23.9. The van der Waals surface area contributed by atoms with Gasteiger partial charge in [0.25, 0.3) is 0 Å². The van der Waals surface area contributed by atoms with Crippen LogP contribution in [0.15, 0.2) is 0 Å². The van der Waals surface area contributed by atoms with E-state index in [1.165, 1.54) is 0 Å². The third-order valence-electron chi connectivity index (χ3n) is 3.78. The van der Waals surface area contributed by atoms with Crippen LogP contribution in [0.2, 0.25) is 0 Å². The van der Waals surface area contributed by atoms with Gasteiger partial charge in [0, 0.05) is 0 Å². The van der Waals surface area contributed by atoms with Gasteiger partial charge in [0.15, 0.2) is 0 Å². The van der Waals surface area contributed by atoms with Gasteiger partial charge in [-0.3, -0.25) is 0 Å².